The van der Waals surface area contributed by atoms with Crippen LogP contribution in [0.5, 0.6) is 0 Å². The van der Waals surface area contributed by atoms with Gasteiger partial charge in [0.15, 0.2) is 5.82 Å². The summed E-state index contributed by atoms with van der Waals surface area (Å²) in [7, 11) is 0. The first-order chi connectivity index (χ1) is 10.8. The van der Waals surface area contributed by atoms with Gasteiger partial charge in [0, 0.05) is 5.54 Å². The highest BCUT2D eigenvalue weighted by molar-refractivity contribution is 5.94. The van der Waals surface area contributed by atoms with Crippen LogP contribution in [0.15, 0.2) is 24.3 Å². The smallest absolute Gasteiger partial charge is 0.287 e. The molecule has 1 amide bonds. The van der Waals surface area contributed by atoms with E-state index in [4.69, 9.17) is 0 Å². The van der Waals surface area contributed by atoms with E-state index >= 15 is 0 Å². The zero-order valence-corrected chi connectivity index (χ0v) is 12.5. The first-order valence-electron chi connectivity index (χ1n) is 8.27. The van der Waals surface area contributed by atoms with Crippen molar-refractivity contribution in [1.82, 2.24) is 20.2 Å². The Labute approximate surface area is 129 Å². The number of rotatable bonds is 2. The number of para-hydroxylation sites is 2. The van der Waals surface area contributed by atoms with Gasteiger partial charge in [0.1, 0.15) is 0 Å². The Bertz CT molecular complexity index is 707. The quantitative estimate of drug-likeness (QED) is 0.890. The van der Waals surface area contributed by atoms with Crippen molar-refractivity contribution < 1.29 is 4.79 Å². The fourth-order valence-electron chi connectivity index (χ4n) is 4.59. The van der Waals surface area contributed by atoms with Crippen LogP contribution in [-0.4, -0.2) is 45.4 Å². The monoisotopic (exact) mass is 296 g/mol. The third-order valence-electron chi connectivity index (χ3n) is 5.87. The number of hydrogen-bond donors (Lipinski definition) is 2. The summed E-state index contributed by atoms with van der Waals surface area (Å²) in [5.74, 6) is 1.02. The van der Waals surface area contributed by atoms with Gasteiger partial charge in [0.05, 0.1) is 17.1 Å². The van der Waals surface area contributed by atoms with Gasteiger partial charge >= 0.3 is 0 Å². The topological polar surface area (TPSA) is 61.0 Å². The number of H-pyrrole nitrogens is 1. The lowest BCUT2D eigenvalue weighted by molar-refractivity contribution is -0.00159. The maximum absolute atomic E-state index is 12.7. The molecule has 1 aromatic carbocycles. The molecule has 1 spiro atoms. The summed E-state index contributed by atoms with van der Waals surface area (Å²) >= 11 is 0. The maximum atomic E-state index is 12.7. The fourth-order valence-corrected chi connectivity index (χ4v) is 4.59. The summed E-state index contributed by atoms with van der Waals surface area (Å²) in [4.78, 5) is 22.8. The van der Waals surface area contributed by atoms with Gasteiger partial charge in [-0.05, 0) is 56.8 Å². The molecule has 6 rings (SSSR count). The molecule has 1 atom stereocenters. The van der Waals surface area contributed by atoms with Gasteiger partial charge in [0.25, 0.3) is 5.91 Å². The lowest BCUT2D eigenvalue weighted by atomic mass is 9.77. The summed E-state index contributed by atoms with van der Waals surface area (Å²) in [6.07, 6.45) is 4.89. The third kappa shape index (κ3) is 1.69. The van der Waals surface area contributed by atoms with E-state index in [1.807, 2.05) is 24.3 Å². The molecule has 0 radical (unpaired) electrons. The molecule has 2 bridgehead atoms. The predicted molar refractivity (Wildman–Crippen MR) is 83.6 cm³/mol. The van der Waals surface area contributed by atoms with Crippen LogP contribution >= 0.6 is 0 Å². The number of carbonyl (C=O) groups excluding carboxylic acids is 1. The number of imidazole rings is 1. The molecule has 22 heavy (non-hydrogen) atoms. The molecule has 4 fully saturated rings. The van der Waals surface area contributed by atoms with Crippen LogP contribution in [0, 0.1) is 5.92 Å². The minimum atomic E-state index is -0.0544. The van der Waals surface area contributed by atoms with Crippen molar-refractivity contribution in [3.63, 3.8) is 0 Å². The van der Waals surface area contributed by atoms with Gasteiger partial charge in [-0.25, -0.2) is 4.98 Å². The Morgan fingerprint density at radius 3 is 2.77 bits per heavy atom. The SMILES string of the molecule is O=C(N[C@H]1C2CCN(CC2)C12CC2)c1nc2ccccc2[nH]1. The molecule has 1 saturated carbocycles. The number of carbonyl (C=O) groups is 1. The molecule has 2 aromatic rings. The normalized spacial score (nSPS) is 31.5. The fraction of sp³-hybridized carbons (Fsp3) is 0.529. The molecule has 114 valence electrons. The van der Waals surface area contributed by atoms with Crippen molar-refractivity contribution in [3.8, 4) is 0 Å². The van der Waals surface area contributed by atoms with E-state index in [-0.39, 0.29) is 11.4 Å². The van der Waals surface area contributed by atoms with Crippen LogP contribution < -0.4 is 5.32 Å². The van der Waals surface area contributed by atoms with Crippen molar-refractivity contribution in [2.24, 2.45) is 5.92 Å². The van der Waals surface area contributed by atoms with E-state index in [0.29, 0.717) is 17.8 Å². The zero-order chi connectivity index (χ0) is 14.7. The molecule has 4 aliphatic rings. The molecule has 5 heteroatoms. The zero-order valence-electron chi connectivity index (χ0n) is 12.5. The van der Waals surface area contributed by atoms with E-state index in [1.165, 1.54) is 38.8 Å². The predicted octanol–water partition coefficient (Wildman–Crippen LogP) is 1.92. The molecule has 4 heterocycles. The van der Waals surface area contributed by atoms with E-state index < -0.39 is 0 Å². The molecule has 2 N–H and O–H groups in total. The van der Waals surface area contributed by atoms with Crippen LogP contribution in [0.1, 0.15) is 36.3 Å². The Morgan fingerprint density at radius 1 is 1.27 bits per heavy atom. The summed E-state index contributed by atoms with van der Waals surface area (Å²) in [6.45, 7) is 2.42. The molecular formula is C17H20N4O. The number of nitrogens with one attached hydrogen (secondary N) is 2. The Balaban J connectivity index is 1.42. The van der Waals surface area contributed by atoms with E-state index in [1.54, 1.807) is 0 Å². The minimum absolute atomic E-state index is 0.0544. The second kappa shape index (κ2) is 4.32. The van der Waals surface area contributed by atoms with Gasteiger partial charge in [-0.1, -0.05) is 12.1 Å². The number of hydrogen-bond acceptors (Lipinski definition) is 3. The average molecular weight is 296 g/mol. The van der Waals surface area contributed by atoms with Gasteiger partial charge < -0.3 is 10.3 Å². The van der Waals surface area contributed by atoms with Crippen molar-refractivity contribution >= 4 is 16.9 Å². The highest BCUT2D eigenvalue weighted by atomic mass is 16.2. The number of benzene rings is 1. The van der Waals surface area contributed by atoms with Crippen molar-refractivity contribution in [1.29, 1.82) is 0 Å². The summed E-state index contributed by atoms with van der Waals surface area (Å²) in [5, 5.41) is 3.31. The average Bonchev–Trinajstić information content (AvgIpc) is 3.20. The van der Waals surface area contributed by atoms with Crippen LogP contribution in [0.4, 0.5) is 0 Å². The molecule has 5 nitrogen and oxygen atoms in total. The van der Waals surface area contributed by atoms with E-state index in [9.17, 15) is 4.79 Å². The molecule has 3 aliphatic heterocycles. The standard InChI is InChI=1S/C17H20N4O/c22-16(15-18-12-3-1-2-4-13(12)19-15)20-14-11-5-9-21(10-6-11)17(14)7-8-17/h1-4,11,14H,5-10H2,(H,18,19)(H,20,22)/t14-/m0/s1. The van der Waals surface area contributed by atoms with Crippen molar-refractivity contribution in [3.05, 3.63) is 30.1 Å². The van der Waals surface area contributed by atoms with Crippen LogP contribution in [0.25, 0.3) is 11.0 Å². The number of fused-ring (bicyclic) bond motifs is 3. The summed E-state index contributed by atoms with van der Waals surface area (Å²) in [5.41, 5.74) is 2.04. The molecule has 1 aromatic heterocycles. The lowest BCUT2D eigenvalue weighted by Crippen LogP contribution is -2.65. The third-order valence-corrected chi connectivity index (χ3v) is 5.87. The molecule has 1 aliphatic carbocycles. The largest absolute Gasteiger partial charge is 0.344 e. The van der Waals surface area contributed by atoms with Crippen LogP contribution in [-0.2, 0) is 0 Å². The number of aromatic nitrogens is 2. The number of amides is 1. The minimum Gasteiger partial charge on any atom is -0.344 e. The van der Waals surface area contributed by atoms with E-state index in [0.717, 1.165) is 11.0 Å². The highest BCUT2D eigenvalue weighted by Gasteiger charge is 2.60. The first-order valence-corrected chi connectivity index (χ1v) is 8.27. The molecule has 3 saturated heterocycles. The lowest BCUT2D eigenvalue weighted by Gasteiger charge is -2.52. The number of aromatic amines is 1. The van der Waals surface area contributed by atoms with Crippen LogP contribution in [0.3, 0.4) is 0 Å². The first kappa shape index (κ1) is 12.6. The van der Waals surface area contributed by atoms with Gasteiger partial charge in [0.2, 0.25) is 0 Å². The summed E-state index contributed by atoms with van der Waals surface area (Å²) in [6, 6.07) is 8.08. The Kier molecular flexibility index (Phi) is 2.48. The van der Waals surface area contributed by atoms with Crippen molar-refractivity contribution in [2.45, 2.75) is 37.3 Å². The highest BCUT2D eigenvalue weighted by Crippen LogP contribution is 2.53. The second-order valence-electron chi connectivity index (χ2n) is 6.98. The van der Waals surface area contributed by atoms with Gasteiger partial charge in [-0.15, -0.1) is 0 Å². The number of nitrogens with zero attached hydrogens (tertiary/aromatic N) is 2. The summed E-state index contributed by atoms with van der Waals surface area (Å²) < 4.78 is 0. The molecular weight excluding hydrogens is 276 g/mol. The van der Waals surface area contributed by atoms with E-state index in [2.05, 4.69) is 20.2 Å². The van der Waals surface area contributed by atoms with Gasteiger partial charge in [-0.2, -0.15) is 0 Å². The second-order valence-corrected chi connectivity index (χ2v) is 6.98. The maximum Gasteiger partial charge on any atom is 0.287 e. The van der Waals surface area contributed by atoms with Gasteiger partial charge in [-0.3, -0.25) is 9.69 Å². The Hall–Kier alpha value is -1.88. The van der Waals surface area contributed by atoms with Crippen molar-refractivity contribution in [2.75, 3.05) is 13.1 Å². The molecule has 0 unspecified atom stereocenters. The number of piperidine rings is 3. The van der Waals surface area contributed by atoms with Crippen LogP contribution in [0.2, 0.25) is 0 Å². The Morgan fingerprint density at radius 2 is 2.05 bits per heavy atom.